The van der Waals surface area contributed by atoms with Crippen LogP contribution in [-0.2, 0) is 9.53 Å². The van der Waals surface area contributed by atoms with Crippen LogP contribution in [0.4, 0.5) is 0 Å². The van der Waals surface area contributed by atoms with Crippen LogP contribution in [0.5, 0.6) is 0 Å². The molecule has 0 saturated heterocycles. The van der Waals surface area contributed by atoms with Gasteiger partial charge in [-0.3, -0.25) is 0 Å². The van der Waals surface area contributed by atoms with Gasteiger partial charge in [-0.2, -0.15) is 0 Å². The van der Waals surface area contributed by atoms with Crippen LogP contribution in [0.25, 0.3) is 0 Å². The molecule has 0 bridgehead atoms. The van der Waals surface area contributed by atoms with Gasteiger partial charge in [-0.1, -0.05) is 13.3 Å². The second-order valence-corrected chi connectivity index (χ2v) is 4.48. The van der Waals surface area contributed by atoms with Gasteiger partial charge in [0.05, 0.1) is 27.7 Å². The summed E-state index contributed by atoms with van der Waals surface area (Å²) in [7, 11) is 8.19. The lowest BCUT2D eigenvalue weighted by Crippen LogP contribution is -2.37. The zero-order chi connectivity index (χ0) is 12.3. The van der Waals surface area contributed by atoms with Crippen molar-refractivity contribution in [3.63, 3.8) is 0 Å². The van der Waals surface area contributed by atoms with Crippen molar-refractivity contribution in [2.24, 2.45) is 0 Å². The van der Waals surface area contributed by atoms with Gasteiger partial charge < -0.3 is 19.1 Å². The van der Waals surface area contributed by atoms with E-state index in [1.165, 1.54) is 0 Å². The highest BCUT2D eigenvalue weighted by atomic mass is 16.5. The molecule has 0 spiro atoms. The van der Waals surface area contributed by atoms with Gasteiger partial charge in [-0.25, -0.2) is 0 Å². The van der Waals surface area contributed by atoms with Crippen molar-refractivity contribution >= 4 is 5.97 Å². The highest BCUT2D eigenvalue weighted by Gasteiger charge is 2.03. The molecule has 0 atom stereocenters. The van der Waals surface area contributed by atoms with E-state index in [0.717, 1.165) is 30.5 Å². The molecule has 0 aliphatic carbocycles. The molecule has 0 N–H and O–H groups in total. The Morgan fingerprint density at radius 1 is 1.33 bits per heavy atom. The molecule has 0 fully saturated rings. The summed E-state index contributed by atoms with van der Waals surface area (Å²) in [4.78, 5) is 9.65. The molecule has 0 aromatic heterocycles. The molecule has 0 aromatic carbocycles. The molecule has 0 amide bonds. The predicted molar refractivity (Wildman–Crippen MR) is 59.3 cm³/mol. The van der Waals surface area contributed by atoms with E-state index in [-0.39, 0.29) is 6.42 Å². The number of carboxylic acid groups (broad SMARTS) is 1. The van der Waals surface area contributed by atoms with Gasteiger partial charge in [-0.05, 0) is 12.8 Å². The first-order valence-electron chi connectivity index (χ1n) is 5.32. The van der Waals surface area contributed by atoms with Gasteiger partial charge in [0.1, 0.15) is 6.54 Å². The Labute approximate surface area is 93.4 Å². The lowest BCUT2D eigenvalue weighted by molar-refractivity contribution is -0.870. The van der Waals surface area contributed by atoms with Crippen molar-refractivity contribution in [1.82, 2.24) is 0 Å². The Morgan fingerprint density at radius 2 is 1.87 bits per heavy atom. The monoisotopic (exact) mass is 219 g/mol. The molecule has 0 saturated carbocycles. The van der Waals surface area contributed by atoms with E-state index >= 15 is 0 Å². The smallest absolute Gasteiger partial charge is 0.102 e. The SMILES string of the molecule is CCCCC(=O)[O-].COCC[N+](C)(C)C. The number of carbonyl (C=O) groups excluding carboxylic acids is 1. The predicted octanol–water partition coefficient (Wildman–Crippen LogP) is 0.266. The minimum Gasteiger partial charge on any atom is -0.550 e. The number of ether oxygens (including phenoxy) is 1. The molecule has 0 unspecified atom stereocenters. The standard InChI is InChI=1S/C6H16NO.C5H10O2/c1-7(2,3)5-6-8-4;1-2-3-4-5(6)7/h5-6H2,1-4H3;2-4H2,1H3,(H,6,7)/q+1;/p-1. The number of hydrogen-bond donors (Lipinski definition) is 0. The first kappa shape index (κ1) is 16.8. The number of hydrogen-bond acceptors (Lipinski definition) is 3. The van der Waals surface area contributed by atoms with E-state index in [9.17, 15) is 9.90 Å². The number of carboxylic acids is 1. The van der Waals surface area contributed by atoms with Crippen LogP contribution in [0.15, 0.2) is 0 Å². The highest BCUT2D eigenvalue weighted by Crippen LogP contribution is 1.89. The average molecular weight is 219 g/mol. The Hall–Kier alpha value is -0.610. The molecule has 0 aliphatic rings. The zero-order valence-corrected chi connectivity index (χ0v) is 10.7. The van der Waals surface area contributed by atoms with E-state index in [4.69, 9.17) is 4.74 Å². The number of carbonyl (C=O) groups is 1. The Morgan fingerprint density at radius 3 is 2.00 bits per heavy atom. The van der Waals surface area contributed by atoms with Crippen LogP contribution in [0.1, 0.15) is 26.2 Å². The minimum atomic E-state index is -0.943. The third kappa shape index (κ3) is 24.7. The van der Waals surface area contributed by atoms with Crippen molar-refractivity contribution in [2.75, 3.05) is 41.4 Å². The second kappa shape index (κ2) is 9.93. The van der Waals surface area contributed by atoms with E-state index in [2.05, 4.69) is 21.1 Å². The van der Waals surface area contributed by atoms with Crippen LogP contribution < -0.4 is 5.11 Å². The Kier molecular flexibility index (Phi) is 11.1. The van der Waals surface area contributed by atoms with Gasteiger partial charge in [0.2, 0.25) is 0 Å². The van der Waals surface area contributed by atoms with Gasteiger partial charge in [0.25, 0.3) is 0 Å². The van der Waals surface area contributed by atoms with Gasteiger partial charge in [0, 0.05) is 13.1 Å². The third-order valence-electron chi connectivity index (χ3n) is 1.70. The number of unbranched alkanes of at least 4 members (excludes halogenated alkanes) is 1. The van der Waals surface area contributed by atoms with E-state index in [1.807, 2.05) is 6.92 Å². The number of nitrogens with zero attached hydrogens (tertiary/aromatic N) is 1. The van der Waals surface area contributed by atoms with Gasteiger partial charge in [-0.15, -0.1) is 0 Å². The summed E-state index contributed by atoms with van der Waals surface area (Å²) in [6, 6.07) is 0. The molecule has 15 heavy (non-hydrogen) atoms. The average Bonchev–Trinajstić information content (AvgIpc) is 2.11. The van der Waals surface area contributed by atoms with E-state index in [1.54, 1.807) is 7.11 Å². The van der Waals surface area contributed by atoms with Crippen molar-refractivity contribution in [1.29, 1.82) is 0 Å². The maximum absolute atomic E-state index is 9.65. The number of rotatable bonds is 6. The summed E-state index contributed by atoms with van der Waals surface area (Å²) < 4.78 is 5.88. The van der Waals surface area contributed by atoms with Crippen LogP contribution in [0, 0.1) is 0 Å². The van der Waals surface area contributed by atoms with Crippen molar-refractivity contribution in [3.8, 4) is 0 Å². The summed E-state index contributed by atoms with van der Waals surface area (Å²) in [5.41, 5.74) is 0. The topological polar surface area (TPSA) is 49.4 Å². The first-order valence-corrected chi connectivity index (χ1v) is 5.32. The fraction of sp³-hybridized carbons (Fsp3) is 0.909. The lowest BCUT2D eigenvalue weighted by Gasteiger charge is -2.22. The molecule has 0 aliphatic heterocycles. The summed E-state index contributed by atoms with van der Waals surface area (Å²) in [6.45, 7) is 3.88. The van der Waals surface area contributed by atoms with Crippen LogP contribution in [0.3, 0.4) is 0 Å². The fourth-order valence-electron chi connectivity index (χ4n) is 0.686. The Bertz CT molecular complexity index is 152. The molecular weight excluding hydrogens is 194 g/mol. The third-order valence-corrected chi connectivity index (χ3v) is 1.70. The van der Waals surface area contributed by atoms with Gasteiger partial charge in [0.15, 0.2) is 0 Å². The molecular formula is C11H25NO3. The van der Waals surface area contributed by atoms with Gasteiger partial charge >= 0.3 is 0 Å². The number of aliphatic carboxylic acids is 1. The van der Waals surface area contributed by atoms with Crippen LogP contribution >= 0.6 is 0 Å². The van der Waals surface area contributed by atoms with E-state index in [0.29, 0.717) is 0 Å². The van der Waals surface area contributed by atoms with Crippen molar-refractivity contribution < 1.29 is 19.1 Å². The minimum absolute atomic E-state index is 0.205. The summed E-state index contributed by atoms with van der Waals surface area (Å²) >= 11 is 0. The van der Waals surface area contributed by atoms with Crippen LogP contribution in [-0.4, -0.2) is 51.9 Å². The van der Waals surface area contributed by atoms with Crippen molar-refractivity contribution in [2.45, 2.75) is 26.2 Å². The molecule has 92 valence electrons. The summed E-state index contributed by atoms with van der Waals surface area (Å²) in [6.07, 6.45) is 1.87. The molecule has 4 heteroatoms. The zero-order valence-electron chi connectivity index (χ0n) is 10.7. The largest absolute Gasteiger partial charge is 0.550 e. The van der Waals surface area contributed by atoms with E-state index < -0.39 is 5.97 Å². The molecule has 4 nitrogen and oxygen atoms in total. The fourth-order valence-corrected chi connectivity index (χ4v) is 0.686. The van der Waals surface area contributed by atoms with Crippen molar-refractivity contribution in [3.05, 3.63) is 0 Å². The first-order chi connectivity index (χ1) is 6.83. The molecule has 0 heterocycles. The number of likely N-dealkylation sites (N-methyl/N-ethyl adjacent to an activating group) is 1. The second-order valence-electron chi connectivity index (χ2n) is 4.48. The summed E-state index contributed by atoms with van der Waals surface area (Å²) in [5.74, 6) is -0.943. The number of methoxy groups -OCH3 is 1. The van der Waals surface area contributed by atoms with Crippen LogP contribution in [0.2, 0.25) is 0 Å². The lowest BCUT2D eigenvalue weighted by atomic mass is 10.3. The molecule has 0 aromatic rings. The normalized spacial score (nSPS) is 10.5. The maximum Gasteiger partial charge on any atom is 0.102 e. The Balaban J connectivity index is 0. The summed E-state index contributed by atoms with van der Waals surface area (Å²) in [5, 5.41) is 9.65. The molecule has 0 rings (SSSR count). The maximum atomic E-state index is 9.65. The number of quaternary nitrogens is 1. The highest BCUT2D eigenvalue weighted by molar-refractivity contribution is 5.63. The quantitative estimate of drug-likeness (QED) is 0.602. The molecule has 0 radical (unpaired) electrons.